The van der Waals surface area contributed by atoms with Gasteiger partial charge in [0.25, 0.3) is 5.91 Å². The van der Waals surface area contributed by atoms with Crippen molar-refractivity contribution in [3.8, 4) is 11.3 Å². The summed E-state index contributed by atoms with van der Waals surface area (Å²) in [5.74, 6) is 0.0201. The van der Waals surface area contributed by atoms with Gasteiger partial charge in [0.05, 0.1) is 12.2 Å². The topological polar surface area (TPSA) is 74.8 Å². The minimum Gasteiger partial charge on any atom is -0.368 e. The Morgan fingerprint density at radius 1 is 1.21 bits per heavy atom. The monoisotopic (exact) mass is 414 g/mol. The van der Waals surface area contributed by atoms with Crippen molar-refractivity contribution in [1.82, 2.24) is 14.8 Å². The number of ether oxygens (including phenoxy) is 1. The minimum atomic E-state index is -0.266. The number of rotatable bonds is 5. The van der Waals surface area contributed by atoms with Crippen molar-refractivity contribution in [2.45, 2.75) is 25.9 Å². The predicted octanol–water partition coefficient (Wildman–Crippen LogP) is 2.38. The summed E-state index contributed by atoms with van der Waals surface area (Å²) in [4.78, 5) is 33.3. The highest BCUT2D eigenvalue weighted by atomic mass is 32.1. The molecule has 4 rings (SSSR count). The standard InChI is InChI=1S/C21H26N4O3S/c1-15-4-6-16(7-5-15)17-14-29-21(22-17)23-19(26)13-24-8-10-25(11-9-24)20(27)18-3-2-12-28-18/h4-7,14,18H,2-3,8-13H2,1H3,(H,22,23,26)/t18-/m0/s1. The van der Waals surface area contributed by atoms with Gasteiger partial charge in [-0.05, 0) is 19.8 Å². The van der Waals surface area contributed by atoms with Crippen molar-refractivity contribution in [2.75, 3.05) is 44.6 Å². The molecule has 0 spiro atoms. The summed E-state index contributed by atoms with van der Waals surface area (Å²) >= 11 is 1.43. The molecule has 8 heteroatoms. The van der Waals surface area contributed by atoms with Gasteiger partial charge in [-0.25, -0.2) is 4.98 Å². The molecule has 0 radical (unpaired) electrons. The number of nitrogens with one attached hydrogen (secondary N) is 1. The van der Waals surface area contributed by atoms with Gasteiger partial charge in [0.1, 0.15) is 6.10 Å². The molecule has 0 bridgehead atoms. The molecule has 2 saturated heterocycles. The van der Waals surface area contributed by atoms with Gasteiger partial charge >= 0.3 is 0 Å². The van der Waals surface area contributed by atoms with Crippen LogP contribution in [-0.2, 0) is 14.3 Å². The number of benzene rings is 1. The number of carbonyl (C=O) groups is 2. The average Bonchev–Trinajstić information content (AvgIpc) is 3.41. The number of nitrogens with zero attached hydrogens (tertiary/aromatic N) is 3. The lowest BCUT2D eigenvalue weighted by molar-refractivity contribution is -0.142. The third-order valence-corrected chi connectivity index (χ3v) is 6.11. The van der Waals surface area contributed by atoms with Gasteiger partial charge < -0.3 is 15.0 Å². The normalized spacial score (nSPS) is 20.0. The molecular weight excluding hydrogens is 388 g/mol. The molecule has 2 aromatic rings. The summed E-state index contributed by atoms with van der Waals surface area (Å²) in [6, 6.07) is 8.17. The van der Waals surface area contributed by atoms with E-state index in [0.29, 0.717) is 44.5 Å². The molecule has 1 atom stereocenters. The van der Waals surface area contributed by atoms with Crippen molar-refractivity contribution < 1.29 is 14.3 Å². The fourth-order valence-corrected chi connectivity index (χ4v) is 4.39. The highest BCUT2D eigenvalue weighted by molar-refractivity contribution is 7.14. The Morgan fingerprint density at radius 2 is 1.97 bits per heavy atom. The molecule has 0 aliphatic carbocycles. The van der Waals surface area contributed by atoms with Crippen LogP contribution in [-0.4, -0.2) is 72.0 Å². The van der Waals surface area contributed by atoms with Crippen LogP contribution in [0.2, 0.25) is 0 Å². The number of aromatic nitrogens is 1. The summed E-state index contributed by atoms with van der Waals surface area (Å²) in [6.45, 7) is 5.70. The maximum absolute atomic E-state index is 12.4. The number of piperazine rings is 1. The van der Waals surface area contributed by atoms with Crippen molar-refractivity contribution >= 4 is 28.3 Å². The second-order valence-electron chi connectivity index (χ2n) is 7.56. The number of hydrogen-bond donors (Lipinski definition) is 1. The Labute approximate surface area is 174 Å². The molecule has 2 aliphatic rings. The van der Waals surface area contributed by atoms with Gasteiger partial charge in [0, 0.05) is 43.7 Å². The minimum absolute atomic E-state index is 0.0753. The summed E-state index contributed by atoms with van der Waals surface area (Å²) in [6.07, 6.45) is 1.51. The second kappa shape index (κ2) is 9.02. The van der Waals surface area contributed by atoms with E-state index in [0.717, 1.165) is 24.1 Å². The first-order valence-corrected chi connectivity index (χ1v) is 10.9. The first-order chi connectivity index (χ1) is 14.1. The van der Waals surface area contributed by atoms with E-state index >= 15 is 0 Å². The second-order valence-corrected chi connectivity index (χ2v) is 8.41. The number of amides is 2. The van der Waals surface area contributed by atoms with Gasteiger partial charge in [-0.2, -0.15) is 0 Å². The zero-order valence-electron chi connectivity index (χ0n) is 16.6. The number of carbonyl (C=O) groups excluding carboxylic acids is 2. The molecule has 1 aromatic heterocycles. The van der Waals surface area contributed by atoms with E-state index in [1.165, 1.54) is 16.9 Å². The maximum atomic E-state index is 12.4. The van der Waals surface area contributed by atoms with E-state index in [1.54, 1.807) is 0 Å². The Morgan fingerprint density at radius 3 is 2.66 bits per heavy atom. The van der Waals surface area contributed by atoms with E-state index in [1.807, 2.05) is 22.4 Å². The van der Waals surface area contributed by atoms with Crippen LogP contribution in [0, 0.1) is 6.92 Å². The molecule has 1 aromatic carbocycles. The number of hydrogen-bond acceptors (Lipinski definition) is 6. The van der Waals surface area contributed by atoms with Gasteiger partial charge in [-0.1, -0.05) is 29.8 Å². The Hall–Kier alpha value is -2.29. The molecule has 2 aliphatic heterocycles. The lowest BCUT2D eigenvalue weighted by atomic mass is 10.1. The molecule has 2 amide bonds. The third kappa shape index (κ3) is 5.01. The summed E-state index contributed by atoms with van der Waals surface area (Å²) < 4.78 is 5.49. The van der Waals surface area contributed by atoms with Crippen LogP contribution in [0.1, 0.15) is 18.4 Å². The predicted molar refractivity (Wildman–Crippen MR) is 113 cm³/mol. The largest absolute Gasteiger partial charge is 0.368 e. The molecule has 0 saturated carbocycles. The van der Waals surface area contributed by atoms with Crippen LogP contribution in [0.25, 0.3) is 11.3 Å². The fraction of sp³-hybridized carbons (Fsp3) is 0.476. The van der Waals surface area contributed by atoms with Gasteiger partial charge in [0.15, 0.2) is 5.13 Å². The van der Waals surface area contributed by atoms with Crippen LogP contribution in [0.4, 0.5) is 5.13 Å². The molecule has 3 heterocycles. The highest BCUT2D eigenvalue weighted by Gasteiger charge is 2.30. The number of anilines is 1. The molecule has 154 valence electrons. The lowest BCUT2D eigenvalue weighted by Gasteiger charge is -2.35. The van der Waals surface area contributed by atoms with Crippen LogP contribution < -0.4 is 5.32 Å². The van der Waals surface area contributed by atoms with Crippen molar-refractivity contribution in [3.63, 3.8) is 0 Å². The molecule has 29 heavy (non-hydrogen) atoms. The van der Waals surface area contributed by atoms with Crippen LogP contribution in [0.5, 0.6) is 0 Å². The average molecular weight is 415 g/mol. The summed E-state index contributed by atoms with van der Waals surface area (Å²) in [5.41, 5.74) is 3.11. The first kappa shape index (κ1) is 20.0. The molecular formula is C21H26N4O3S. The zero-order valence-corrected chi connectivity index (χ0v) is 17.4. The van der Waals surface area contributed by atoms with E-state index in [4.69, 9.17) is 4.74 Å². The Bertz CT molecular complexity index is 853. The van der Waals surface area contributed by atoms with E-state index in [-0.39, 0.29) is 17.9 Å². The quantitative estimate of drug-likeness (QED) is 0.813. The van der Waals surface area contributed by atoms with Crippen LogP contribution in [0.3, 0.4) is 0 Å². The van der Waals surface area contributed by atoms with Gasteiger partial charge in [-0.3, -0.25) is 14.5 Å². The third-order valence-electron chi connectivity index (χ3n) is 5.35. The molecule has 7 nitrogen and oxygen atoms in total. The number of thiazole rings is 1. The van der Waals surface area contributed by atoms with E-state index < -0.39 is 0 Å². The van der Waals surface area contributed by atoms with E-state index in [9.17, 15) is 9.59 Å². The summed E-state index contributed by atoms with van der Waals surface area (Å²) in [7, 11) is 0. The number of aryl methyl sites for hydroxylation is 1. The van der Waals surface area contributed by atoms with Crippen LogP contribution >= 0.6 is 11.3 Å². The SMILES string of the molecule is Cc1ccc(-c2csc(NC(=O)CN3CCN(C(=O)[C@@H]4CCCO4)CC3)n2)cc1. The lowest BCUT2D eigenvalue weighted by Crippen LogP contribution is -2.52. The smallest absolute Gasteiger partial charge is 0.251 e. The fourth-order valence-electron chi connectivity index (χ4n) is 3.65. The van der Waals surface area contributed by atoms with Crippen molar-refractivity contribution in [2.24, 2.45) is 0 Å². The Balaban J connectivity index is 1.24. The maximum Gasteiger partial charge on any atom is 0.251 e. The molecule has 2 fully saturated rings. The van der Waals surface area contributed by atoms with Crippen LogP contribution in [0.15, 0.2) is 29.6 Å². The van der Waals surface area contributed by atoms with Crippen molar-refractivity contribution in [1.29, 1.82) is 0 Å². The highest BCUT2D eigenvalue weighted by Crippen LogP contribution is 2.25. The molecule has 1 N–H and O–H groups in total. The first-order valence-electron chi connectivity index (χ1n) is 10.0. The van der Waals surface area contributed by atoms with Gasteiger partial charge in [0.2, 0.25) is 5.91 Å². The van der Waals surface area contributed by atoms with E-state index in [2.05, 4.69) is 34.3 Å². The summed E-state index contributed by atoms with van der Waals surface area (Å²) in [5, 5.41) is 5.46. The Kier molecular flexibility index (Phi) is 6.22. The van der Waals surface area contributed by atoms with Crippen molar-refractivity contribution in [3.05, 3.63) is 35.2 Å². The zero-order chi connectivity index (χ0) is 20.2. The molecule has 0 unspecified atom stereocenters. The van der Waals surface area contributed by atoms with Gasteiger partial charge in [-0.15, -0.1) is 11.3 Å².